The zero-order chi connectivity index (χ0) is 20.1. The van der Waals surface area contributed by atoms with Crippen LogP contribution >= 0.6 is 0 Å². The first-order valence-corrected chi connectivity index (χ1v) is 8.54. The van der Waals surface area contributed by atoms with Crippen LogP contribution in [0.3, 0.4) is 0 Å². The van der Waals surface area contributed by atoms with Gasteiger partial charge >= 0.3 is 11.7 Å². The van der Waals surface area contributed by atoms with E-state index in [-0.39, 0.29) is 18.4 Å². The van der Waals surface area contributed by atoms with E-state index in [1.54, 1.807) is 12.1 Å². The molecule has 150 valence electrons. The Morgan fingerprint density at radius 1 is 1.36 bits per heavy atom. The molecule has 1 unspecified atom stereocenters. The van der Waals surface area contributed by atoms with Crippen molar-refractivity contribution in [2.75, 3.05) is 25.1 Å². The standard InChI is InChI=1S/C16H21N7O5/c17-5-2-6-27-15-21-13(18)12-14(22-15)23(16(26)20-12)7-9-3-1-4-10(19-9)28-8-11(24)25/h1,3-4,13H,2,5-8,17-18H2,(H,20,26)(H,21,22)(H,24,25). The van der Waals surface area contributed by atoms with E-state index in [4.69, 9.17) is 26.0 Å². The fourth-order valence-corrected chi connectivity index (χ4v) is 2.56. The summed E-state index contributed by atoms with van der Waals surface area (Å²) in [5.74, 6) is -0.536. The summed E-state index contributed by atoms with van der Waals surface area (Å²) in [6.07, 6.45) is -0.133. The Balaban J connectivity index is 1.79. The molecule has 1 atom stereocenters. The highest BCUT2D eigenvalue weighted by Crippen LogP contribution is 2.24. The summed E-state index contributed by atoms with van der Waals surface area (Å²) < 4.78 is 12.0. The van der Waals surface area contributed by atoms with Crippen LogP contribution in [0.25, 0.3) is 0 Å². The number of hydrogen-bond donors (Lipinski definition) is 5. The number of aliphatic carboxylic acids is 1. The fourth-order valence-electron chi connectivity index (χ4n) is 2.56. The molecule has 3 rings (SSSR count). The van der Waals surface area contributed by atoms with Crippen molar-refractivity contribution in [3.8, 4) is 5.88 Å². The van der Waals surface area contributed by atoms with Gasteiger partial charge in [-0.1, -0.05) is 6.07 Å². The quantitative estimate of drug-likeness (QED) is 0.359. The van der Waals surface area contributed by atoms with Crippen LogP contribution in [0.4, 0.5) is 5.82 Å². The third kappa shape index (κ3) is 4.47. The molecule has 0 bridgehead atoms. The summed E-state index contributed by atoms with van der Waals surface area (Å²) in [4.78, 5) is 34.1. The lowest BCUT2D eigenvalue weighted by Gasteiger charge is -2.20. The number of carboxylic acid groups (broad SMARTS) is 1. The summed E-state index contributed by atoms with van der Waals surface area (Å²) in [7, 11) is 0. The lowest BCUT2D eigenvalue weighted by molar-refractivity contribution is -0.139. The average Bonchev–Trinajstić information content (AvgIpc) is 2.97. The molecular weight excluding hydrogens is 370 g/mol. The molecule has 28 heavy (non-hydrogen) atoms. The summed E-state index contributed by atoms with van der Waals surface area (Å²) in [6, 6.07) is 5.08. The number of imidazole rings is 1. The average molecular weight is 391 g/mol. The molecule has 0 spiro atoms. The SMILES string of the molecule is NCCCOC1=NC(N)c2[nH]c(=O)n(Cc3cccc(OCC(=O)O)n3)c2N1. The van der Waals surface area contributed by atoms with E-state index in [0.29, 0.717) is 36.8 Å². The van der Waals surface area contributed by atoms with Gasteiger partial charge in [0.15, 0.2) is 6.61 Å². The number of hydrogen-bond acceptors (Lipinski definition) is 9. The number of pyridine rings is 1. The van der Waals surface area contributed by atoms with Crippen molar-refractivity contribution in [2.45, 2.75) is 19.1 Å². The largest absolute Gasteiger partial charge is 0.479 e. The molecule has 0 aliphatic carbocycles. The minimum absolute atomic E-state index is 0.102. The second-order valence-electron chi connectivity index (χ2n) is 5.92. The summed E-state index contributed by atoms with van der Waals surface area (Å²) in [6.45, 7) is 0.437. The number of aromatic amines is 1. The topological polar surface area (TPSA) is 183 Å². The van der Waals surface area contributed by atoms with Gasteiger partial charge in [0.25, 0.3) is 6.02 Å². The molecule has 1 aliphatic rings. The monoisotopic (exact) mass is 391 g/mol. The van der Waals surface area contributed by atoms with E-state index in [1.165, 1.54) is 10.6 Å². The molecular formula is C16H21N7O5. The zero-order valence-corrected chi connectivity index (χ0v) is 14.9. The number of H-pyrrole nitrogens is 1. The summed E-state index contributed by atoms with van der Waals surface area (Å²) in [5.41, 5.74) is 12.0. The molecule has 2 aromatic heterocycles. The Kier molecular flexibility index (Phi) is 5.91. The first-order chi connectivity index (χ1) is 13.5. The molecule has 0 radical (unpaired) electrons. The number of nitrogens with one attached hydrogen (secondary N) is 2. The Labute approximate surface area is 159 Å². The van der Waals surface area contributed by atoms with Crippen molar-refractivity contribution in [2.24, 2.45) is 16.5 Å². The van der Waals surface area contributed by atoms with Crippen LogP contribution < -0.4 is 27.2 Å². The van der Waals surface area contributed by atoms with Crippen LogP contribution in [-0.2, 0) is 16.1 Å². The Morgan fingerprint density at radius 3 is 2.93 bits per heavy atom. The van der Waals surface area contributed by atoms with Crippen LogP contribution in [0.15, 0.2) is 28.0 Å². The number of fused-ring (bicyclic) bond motifs is 1. The van der Waals surface area contributed by atoms with Gasteiger partial charge in [0.2, 0.25) is 5.88 Å². The Hall–Kier alpha value is -3.38. The molecule has 0 amide bonds. The minimum atomic E-state index is -1.11. The van der Waals surface area contributed by atoms with Crippen LogP contribution in [0.5, 0.6) is 5.88 Å². The highest BCUT2D eigenvalue weighted by atomic mass is 16.5. The van der Waals surface area contributed by atoms with Crippen molar-refractivity contribution < 1.29 is 19.4 Å². The van der Waals surface area contributed by atoms with Crippen molar-refractivity contribution in [3.05, 3.63) is 40.1 Å². The zero-order valence-electron chi connectivity index (χ0n) is 14.9. The number of amidine groups is 1. The molecule has 7 N–H and O–H groups in total. The van der Waals surface area contributed by atoms with E-state index in [2.05, 4.69) is 20.3 Å². The van der Waals surface area contributed by atoms with Crippen LogP contribution in [0, 0.1) is 0 Å². The number of carboxylic acids is 1. The summed E-state index contributed by atoms with van der Waals surface area (Å²) >= 11 is 0. The first-order valence-electron chi connectivity index (χ1n) is 8.54. The maximum absolute atomic E-state index is 12.4. The highest BCUT2D eigenvalue weighted by molar-refractivity contribution is 5.90. The smallest absolute Gasteiger partial charge is 0.341 e. The molecule has 0 fully saturated rings. The van der Waals surface area contributed by atoms with Gasteiger partial charge in [0.1, 0.15) is 17.7 Å². The number of aromatic nitrogens is 3. The Bertz CT molecular complexity index is 936. The van der Waals surface area contributed by atoms with Crippen LogP contribution in [0.1, 0.15) is 24.0 Å². The maximum atomic E-state index is 12.4. The van der Waals surface area contributed by atoms with E-state index in [9.17, 15) is 9.59 Å². The van der Waals surface area contributed by atoms with E-state index < -0.39 is 24.4 Å². The molecule has 0 aromatic carbocycles. The van der Waals surface area contributed by atoms with Crippen molar-refractivity contribution in [1.29, 1.82) is 0 Å². The van der Waals surface area contributed by atoms with Gasteiger partial charge in [-0.3, -0.25) is 9.88 Å². The molecule has 12 heteroatoms. The second-order valence-corrected chi connectivity index (χ2v) is 5.92. The molecule has 3 heterocycles. The molecule has 0 saturated carbocycles. The van der Waals surface area contributed by atoms with Crippen LogP contribution in [0.2, 0.25) is 0 Å². The number of carbonyl (C=O) groups is 1. The number of nitrogens with two attached hydrogens (primary N) is 2. The molecule has 12 nitrogen and oxygen atoms in total. The maximum Gasteiger partial charge on any atom is 0.341 e. The van der Waals surface area contributed by atoms with Gasteiger partial charge in [0, 0.05) is 6.07 Å². The van der Waals surface area contributed by atoms with Gasteiger partial charge < -0.3 is 31.0 Å². The van der Waals surface area contributed by atoms with Crippen molar-refractivity contribution >= 4 is 17.8 Å². The number of anilines is 1. The van der Waals surface area contributed by atoms with Crippen LogP contribution in [-0.4, -0.2) is 51.4 Å². The summed E-state index contributed by atoms with van der Waals surface area (Å²) in [5, 5.41) is 11.6. The third-order valence-corrected chi connectivity index (χ3v) is 3.82. The predicted molar refractivity (Wildman–Crippen MR) is 99.1 cm³/mol. The van der Waals surface area contributed by atoms with Gasteiger partial charge in [-0.05, 0) is 19.0 Å². The number of ether oxygens (including phenoxy) is 2. The van der Waals surface area contributed by atoms with E-state index >= 15 is 0 Å². The third-order valence-electron chi connectivity index (χ3n) is 3.82. The predicted octanol–water partition coefficient (Wildman–Crippen LogP) is -0.813. The fraction of sp³-hybridized carbons (Fsp3) is 0.375. The minimum Gasteiger partial charge on any atom is -0.479 e. The number of aliphatic imine (C=N–C) groups is 1. The molecule has 2 aromatic rings. The van der Waals surface area contributed by atoms with Gasteiger partial charge in [0.05, 0.1) is 18.8 Å². The Morgan fingerprint density at radius 2 is 2.18 bits per heavy atom. The molecule has 1 aliphatic heterocycles. The normalized spacial score (nSPS) is 15.4. The van der Waals surface area contributed by atoms with Crippen molar-refractivity contribution in [1.82, 2.24) is 14.5 Å². The van der Waals surface area contributed by atoms with E-state index in [1.807, 2.05) is 0 Å². The van der Waals surface area contributed by atoms with Gasteiger partial charge in [-0.2, -0.15) is 0 Å². The number of rotatable bonds is 8. The lowest BCUT2D eigenvalue weighted by Crippen LogP contribution is -2.29. The highest BCUT2D eigenvalue weighted by Gasteiger charge is 2.26. The molecule has 0 saturated heterocycles. The van der Waals surface area contributed by atoms with Crippen molar-refractivity contribution in [3.63, 3.8) is 0 Å². The number of nitrogens with zero attached hydrogens (tertiary/aromatic N) is 3. The first kappa shape index (κ1) is 19.4. The van der Waals surface area contributed by atoms with Gasteiger partial charge in [-0.25, -0.2) is 19.6 Å². The van der Waals surface area contributed by atoms with E-state index in [0.717, 1.165) is 0 Å². The van der Waals surface area contributed by atoms with Gasteiger partial charge in [-0.15, -0.1) is 0 Å². The second kappa shape index (κ2) is 8.54. The lowest BCUT2D eigenvalue weighted by atomic mass is 10.3.